The van der Waals surface area contributed by atoms with Crippen molar-refractivity contribution < 1.29 is 19.5 Å². The van der Waals surface area contributed by atoms with Gasteiger partial charge >= 0.3 is 5.97 Å². The van der Waals surface area contributed by atoms with Crippen molar-refractivity contribution in [3.05, 3.63) is 35.9 Å². The molecule has 0 atom stereocenters. The molecule has 0 bridgehead atoms. The van der Waals surface area contributed by atoms with Gasteiger partial charge in [0.2, 0.25) is 5.91 Å². The number of likely N-dealkylation sites (N-methyl/N-ethyl adjacent to an activating group) is 1. The molecule has 1 aliphatic rings. The quantitative estimate of drug-likeness (QED) is 0.858. The number of aliphatic carboxylic acids is 1. The number of likely N-dealkylation sites (tertiary alicyclic amines) is 1. The number of hydrogen-bond acceptors (Lipinski definition) is 3. The lowest BCUT2D eigenvalue weighted by atomic mass is 10.0. The Hall–Kier alpha value is -2.37. The van der Waals surface area contributed by atoms with Gasteiger partial charge in [-0.3, -0.25) is 14.4 Å². The molecule has 1 aliphatic heterocycles. The van der Waals surface area contributed by atoms with Crippen molar-refractivity contribution in [3.63, 3.8) is 0 Å². The summed E-state index contributed by atoms with van der Waals surface area (Å²) in [5.74, 6) is -1.82. The summed E-state index contributed by atoms with van der Waals surface area (Å²) in [6, 6.07) is 8.71. The Morgan fingerprint density at radius 1 is 1.25 bits per heavy atom. The molecule has 6 heteroatoms. The van der Waals surface area contributed by atoms with E-state index < -0.39 is 11.9 Å². The summed E-state index contributed by atoms with van der Waals surface area (Å²) in [5.41, 5.74) is 0.523. The monoisotopic (exact) mass is 276 g/mol. The summed E-state index contributed by atoms with van der Waals surface area (Å²) in [6.45, 7) is 0.406. The second-order valence-electron chi connectivity index (χ2n) is 4.86. The van der Waals surface area contributed by atoms with Crippen molar-refractivity contribution in [1.82, 2.24) is 9.80 Å². The Bertz CT molecular complexity index is 523. The fourth-order valence-corrected chi connectivity index (χ4v) is 2.01. The minimum absolute atomic E-state index is 0.0416. The molecule has 6 nitrogen and oxygen atoms in total. The topological polar surface area (TPSA) is 77.9 Å². The van der Waals surface area contributed by atoms with Crippen LogP contribution in [0, 0.1) is 5.92 Å². The predicted molar refractivity (Wildman–Crippen MR) is 71.1 cm³/mol. The number of carboxylic acid groups (broad SMARTS) is 1. The molecule has 1 aromatic carbocycles. The van der Waals surface area contributed by atoms with E-state index in [-0.39, 0.29) is 31.4 Å². The zero-order chi connectivity index (χ0) is 14.7. The molecule has 0 radical (unpaired) electrons. The predicted octanol–water partition coefficient (Wildman–Crippen LogP) is 0.302. The van der Waals surface area contributed by atoms with Gasteiger partial charge in [-0.1, -0.05) is 18.2 Å². The maximum atomic E-state index is 12.0. The van der Waals surface area contributed by atoms with Crippen LogP contribution in [0.15, 0.2) is 30.3 Å². The highest BCUT2D eigenvalue weighted by Gasteiger charge is 2.35. The summed E-state index contributed by atoms with van der Waals surface area (Å²) < 4.78 is 0. The van der Waals surface area contributed by atoms with Gasteiger partial charge in [-0.05, 0) is 12.1 Å². The maximum absolute atomic E-state index is 12.0. The van der Waals surface area contributed by atoms with Crippen LogP contribution in [0.25, 0.3) is 0 Å². The van der Waals surface area contributed by atoms with Crippen LogP contribution >= 0.6 is 0 Å². The molecular formula is C14H16N2O4. The van der Waals surface area contributed by atoms with Gasteiger partial charge in [-0.2, -0.15) is 0 Å². The molecular weight excluding hydrogens is 260 g/mol. The number of carboxylic acids is 1. The molecule has 1 N–H and O–H groups in total. The Morgan fingerprint density at radius 3 is 2.40 bits per heavy atom. The van der Waals surface area contributed by atoms with Crippen molar-refractivity contribution in [2.45, 2.75) is 0 Å². The molecule has 1 heterocycles. The second kappa shape index (κ2) is 5.73. The third-order valence-corrected chi connectivity index (χ3v) is 3.32. The normalized spacial score (nSPS) is 14.6. The van der Waals surface area contributed by atoms with E-state index in [9.17, 15) is 14.4 Å². The molecule has 0 aromatic heterocycles. The van der Waals surface area contributed by atoms with Crippen LogP contribution in [-0.2, 0) is 9.59 Å². The summed E-state index contributed by atoms with van der Waals surface area (Å²) in [4.78, 5) is 37.4. The highest BCUT2D eigenvalue weighted by atomic mass is 16.4. The molecule has 1 fully saturated rings. The minimum Gasteiger partial charge on any atom is -0.481 e. The standard InChI is InChI=1S/C14H16N2O4/c1-15(13(18)10-5-3-2-4-6-10)9-12(17)16-7-11(8-16)14(19)20/h2-6,11H,7-9H2,1H3,(H,19,20). The molecule has 0 spiro atoms. The second-order valence-corrected chi connectivity index (χ2v) is 4.86. The lowest BCUT2D eigenvalue weighted by molar-refractivity contribution is -0.152. The number of carbonyl (C=O) groups excluding carboxylic acids is 2. The summed E-state index contributed by atoms with van der Waals surface area (Å²) in [7, 11) is 1.56. The highest BCUT2D eigenvalue weighted by Crippen LogP contribution is 2.16. The zero-order valence-electron chi connectivity index (χ0n) is 11.2. The van der Waals surface area contributed by atoms with Gasteiger partial charge < -0.3 is 14.9 Å². The molecule has 0 unspecified atom stereocenters. The van der Waals surface area contributed by atoms with Gasteiger partial charge in [0.1, 0.15) is 0 Å². The smallest absolute Gasteiger partial charge is 0.310 e. The Morgan fingerprint density at radius 2 is 1.85 bits per heavy atom. The fraction of sp³-hybridized carbons (Fsp3) is 0.357. The lowest BCUT2D eigenvalue weighted by Crippen LogP contribution is -2.55. The first kappa shape index (κ1) is 14.0. The van der Waals surface area contributed by atoms with E-state index in [4.69, 9.17) is 5.11 Å². The summed E-state index contributed by atoms with van der Waals surface area (Å²) >= 11 is 0. The van der Waals surface area contributed by atoms with Crippen LogP contribution in [0.3, 0.4) is 0 Å². The van der Waals surface area contributed by atoms with E-state index in [1.165, 1.54) is 9.80 Å². The minimum atomic E-state index is -0.886. The Balaban J connectivity index is 1.86. The molecule has 1 saturated heterocycles. The highest BCUT2D eigenvalue weighted by molar-refractivity contribution is 5.96. The Labute approximate surface area is 116 Å². The third kappa shape index (κ3) is 2.96. The number of rotatable bonds is 4. The number of benzene rings is 1. The molecule has 106 valence electrons. The largest absolute Gasteiger partial charge is 0.481 e. The lowest BCUT2D eigenvalue weighted by Gasteiger charge is -2.37. The first-order valence-electron chi connectivity index (χ1n) is 6.30. The van der Waals surface area contributed by atoms with E-state index in [0.29, 0.717) is 5.56 Å². The van der Waals surface area contributed by atoms with Crippen LogP contribution in [-0.4, -0.2) is 59.4 Å². The van der Waals surface area contributed by atoms with Gasteiger partial charge in [-0.25, -0.2) is 0 Å². The van der Waals surface area contributed by atoms with Crippen LogP contribution in [0.5, 0.6) is 0 Å². The van der Waals surface area contributed by atoms with E-state index >= 15 is 0 Å². The number of carbonyl (C=O) groups is 3. The fourth-order valence-electron chi connectivity index (χ4n) is 2.01. The van der Waals surface area contributed by atoms with Crippen molar-refractivity contribution in [2.75, 3.05) is 26.7 Å². The molecule has 20 heavy (non-hydrogen) atoms. The van der Waals surface area contributed by atoms with Crippen molar-refractivity contribution in [2.24, 2.45) is 5.92 Å². The van der Waals surface area contributed by atoms with E-state index in [2.05, 4.69) is 0 Å². The average molecular weight is 276 g/mol. The Kier molecular flexibility index (Phi) is 4.02. The van der Waals surface area contributed by atoms with Crippen LogP contribution in [0.2, 0.25) is 0 Å². The molecule has 0 aliphatic carbocycles. The number of nitrogens with zero attached hydrogens (tertiary/aromatic N) is 2. The van der Waals surface area contributed by atoms with Crippen molar-refractivity contribution >= 4 is 17.8 Å². The number of amides is 2. The summed E-state index contributed by atoms with van der Waals surface area (Å²) in [6.07, 6.45) is 0. The molecule has 0 saturated carbocycles. The third-order valence-electron chi connectivity index (χ3n) is 3.32. The SMILES string of the molecule is CN(CC(=O)N1CC(C(=O)O)C1)C(=O)c1ccccc1. The van der Waals surface area contributed by atoms with E-state index in [1.807, 2.05) is 6.07 Å². The molecule has 2 amide bonds. The first-order valence-corrected chi connectivity index (χ1v) is 6.30. The van der Waals surface area contributed by atoms with E-state index in [0.717, 1.165) is 0 Å². The van der Waals surface area contributed by atoms with Crippen LogP contribution in [0.1, 0.15) is 10.4 Å². The van der Waals surface area contributed by atoms with Crippen molar-refractivity contribution in [3.8, 4) is 0 Å². The van der Waals surface area contributed by atoms with Crippen LogP contribution < -0.4 is 0 Å². The van der Waals surface area contributed by atoms with Gasteiger partial charge in [0, 0.05) is 25.7 Å². The zero-order valence-corrected chi connectivity index (χ0v) is 11.2. The maximum Gasteiger partial charge on any atom is 0.310 e. The molecule has 2 rings (SSSR count). The van der Waals surface area contributed by atoms with Gasteiger partial charge in [-0.15, -0.1) is 0 Å². The molecule has 1 aromatic rings. The van der Waals surface area contributed by atoms with Crippen LogP contribution in [0.4, 0.5) is 0 Å². The average Bonchev–Trinajstić information content (AvgIpc) is 2.36. The number of hydrogen-bond donors (Lipinski definition) is 1. The summed E-state index contributed by atoms with van der Waals surface area (Å²) in [5, 5.41) is 8.75. The van der Waals surface area contributed by atoms with Gasteiger partial charge in [0.05, 0.1) is 12.5 Å². The first-order chi connectivity index (χ1) is 9.49. The van der Waals surface area contributed by atoms with Gasteiger partial charge in [0.25, 0.3) is 5.91 Å². The van der Waals surface area contributed by atoms with Gasteiger partial charge in [0.15, 0.2) is 0 Å². The van der Waals surface area contributed by atoms with Crippen molar-refractivity contribution in [1.29, 1.82) is 0 Å². The van der Waals surface area contributed by atoms with E-state index in [1.54, 1.807) is 31.3 Å².